The number of hydrogen-bond donors (Lipinski definition) is 1. The number of carbonyl (C=O) groups is 1. The molecule has 0 aliphatic carbocycles. The normalized spacial score (nSPS) is 13.9. The van der Waals surface area contributed by atoms with Gasteiger partial charge in [0.1, 0.15) is 0 Å². The van der Waals surface area contributed by atoms with Gasteiger partial charge in [-0.3, -0.25) is 9.63 Å². The first-order valence-corrected chi connectivity index (χ1v) is 5.41. The number of rotatable bonds is 2. The highest BCUT2D eigenvalue weighted by molar-refractivity contribution is 5.94. The minimum absolute atomic E-state index is 0.115. The number of nitrogens with one attached hydrogen (secondary N) is 1. The van der Waals surface area contributed by atoms with Crippen molar-refractivity contribution in [2.24, 2.45) is 0 Å². The number of aryl methyl sites for hydroxylation is 1. The van der Waals surface area contributed by atoms with Crippen LogP contribution in [0.2, 0.25) is 0 Å². The molecule has 1 aliphatic heterocycles. The van der Waals surface area contributed by atoms with Crippen molar-refractivity contribution < 1.29 is 9.63 Å². The maximum atomic E-state index is 11.8. The number of benzene rings is 1. The minimum Gasteiger partial charge on any atom is -0.385 e. The lowest BCUT2D eigenvalue weighted by Gasteiger charge is -2.19. The van der Waals surface area contributed by atoms with Crippen LogP contribution >= 0.6 is 0 Å². The summed E-state index contributed by atoms with van der Waals surface area (Å²) in [6.07, 6.45) is 2.14. The van der Waals surface area contributed by atoms with E-state index in [0.717, 1.165) is 25.1 Å². The average molecular weight is 220 g/mol. The largest absolute Gasteiger partial charge is 0.385 e. The fourth-order valence-electron chi connectivity index (χ4n) is 1.87. The summed E-state index contributed by atoms with van der Waals surface area (Å²) < 4.78 is 0. The molecule has 0 fully saturated rings. The van der Waals surface area contributed by atoms with Gasteiger partial charge in [0.05, 0.1) is 7.11 Å². The number of hydrogen-bond acceptors (Lipinski definition) is 3. The second-order valence-corrected chi connectivity index (χ2v) is 3.89. The van der Waals surface area contributed by atoms with Crippen LogP contribution in [0, 0.1) is 0 Å². The lowest BCUT2D eigenvalue weighted by molar-refractivity contribution is -0.0757. The van der Waals surface area contributed by atoms with Gasteiger partial charge in [-0.15, -0.1) is 0 Å². The first kappa shape index (κ1) is 11.0. The van der Waals surface area contributed by atoms with Gasteiger partial charge in [0.25, 0.3) is 5.91 Å². The molecule has 0 saturated carbocycles. The van der Waals surface area contributed by atoms with Gasteiger partial charge in [-0.2, -0.15) is 0 Å². The van der Waals surface area contributed by atoms with Gasteiger partial charge in [0, 0.05) is 24.8 Å². The molecule has 1 N–H and O–H groups in total. The molecule has 4 nitrogen and oxygen atoms in total. The molecule has 0 spiro atoms. The summed E-state index contributed by atoms with van der Waals surface area (Å²) >= 11 is 0. The van der Waals surface area contributed by atoms with Crippen LogP contribution in [0.3, 0.4) is 0 Å². The van der Waals surface area contributed by atoms with Crippen LogP contribution in [0.1, 0.15) is 22.3 Å². The van der Waals surface area contributed by atoms with Crippen molar-refractivity contribution in [2.75, 3.05) is 26.0 Å². The molecule has 1 amide bonds. The summed E-state index contributed by atoms with van der Waals surface area (Å²) in [6, 6.07) is 5.74. The van der Waals surface area contributed by atoms with E-state index < -0.39 is 0 Å². The van der Waals surface area contributed by atoms with Crippen LogP contribution < -0.4 is 5.32 Å². The number of hydroxylamine groups is 2. The van der Waals surface area contributed by atoms with E-state index in [1.54, 1.807) is 7.05 Å². The molecule has 1 aliphatic rings. The van der Waals surface area contributed by atoms with Crippen molar-refractivity contribution in [3.8, 4) is 0 Å². The van der Waals surface area contributed by atoms with Gasteiger partial charge >= 0.3 is 0 Å². The molecule has 0 unspecified atom stereocenters. The molecule has 2 rings (SSSR count). The topological polar surface area (TPSA) is 41.6 Å². The van der Waals surface area contributed by atoms with Crippen LogP contribution in [0.4, 0.5) is 5.69 Å². The third-order valence-electron chi connectivity index (χ3n) is 2.85. The molecular weight excluding hydrogens is 204 g/mol. The summed E-state index contributed by atoms with van der Waals surface area (Å²) in [6.45, 7) is 1.01. The summed E-state index contributed by atoms with van der Waals surface area (Å²) in [5.74, 6) is -0.115. The van der Waals surface area contributed by atoms with E-state index >= 15 is 0 Å². The van der Waals surface area contributed by atoms with Crippen LogP contribution in [0.5, 0.6) is 0 Å². The fraction of sp³-hybridized carbons (Fsp3) is 0.417. The number of nitrogens with zero attached hydrogens (tertiary/aromatic N) is 1. The molecular formula is C12H16N2O2. The predicted molar refractivity (Wildman–Crippen MR) is 62.4 cm³/mol. The first-order valence-electron chi connectivity index (χ1n) is 5.41. The Morgan fingerprint density at radius 3 is 3.06 bits per heavy atom. The molecule has 1 aromatic rings. The summed E-state index contributed by atoms with van der Waals surface area (Å²) in [5.41, 5.74) is 3.02. The monoisotopic (exact) mass is 220 g/mol. The Balaban J connectivity index is 2.26. The minimum atomic E-state index is -0.115. The van der Waals surface area contributed by atoms with E-state index in [2.05, 4.69) is 5.32 Å². The van der Waals surface area contributed by atoms with E-state index in [-0.39, 0.29) is 5.91 Å². The zero-order chi connectivity index (χ0) is 11.5. The van der Waals surface area contributed by atoms with Crippen LogP contribution in [-0.4, -0.2) is 31.7 Å². The van der Waals surface area contributed by atoms with E-state index in [4.69, 9.17) is 4.84 Å². The van der Waals surface area contributed by atoms with Crippen molar-refractivity contribution in [1.82, 2.24) is 5.06 Å². The Kier molecular flexibility index (Phi) is 3.10. The van der Waals surface area contributed by atoms with Gasteiger partial charge in [0.2, 0.25) is 0 Å². The van der Waals surface area contributed by atoms with E-state index in [1.807, 2.05) is 18.2 Å². The van der Waals surface area contributed by atoms with Crippen LogP contribution in [0.15, 0.2) is 18.2 Å². The van der Waals surface area contributed by atoms with Crippen molar-refractivity contribution in [2.45, 2.75) is 12.8 Å². The summed E-state index contributed by atoms with van der Waals surface area (Å²) in [5, 5.41) is 4.55. The van der Waals surface area contributed by atoms with E-state index in [1.165, 1.54) is 17.7 Å². The highest BCUT2D eigenvalue weighted by Gasteiger charge is 2.15. The molecule has 0 radical (unpaired) electrons. The Hall–Kier alpha value is -1.55. The second-order valence-electron chi connectivity index (χ2n) is 3.89. The van der Waals surface area contributed by atoms with Gasteiger partial charge in [-0.25, -0.2) is 5.06 Å². The smallest absolute Gasteiger partial charge is 0.277 e. The molecule has 0 aromatic heterocycles. The van der Waals surface area contributed by atoms with Crippen LogP contribution in [0.25, 0.3) is 0 Å². The van der Waals surface area contributed by atoms with E-state index in [9.17, 15) is 4.79 Å². The molecule has 86 valence electrons. The van der Waals surface area contributed by atoms with Crippen molar-refractivity contribution in [1.29, 1.82) is 0 Å². The Morgan fingerprint density at radius 2 is 2.31 bits per heavy atom. The molecule has 1 aromatic carbocycles. The zero-order valence-electron chi connectivity index (χ0n) is 9.62. The third-order valence-corrected chi connectivity index (χ3v) is 2.85. The quantitative estimate of drug-likeness (QED) is 0.771. The fourth-order valence-corrected chi connectivity index (χ4v) is 1.87. The van der Waals surface area contributed by atoms with Gasteiger partial charge in [-0.05, 0) is 36.6 Å². The van der Waals surface area contributed by atoms with Gasteiger partial charge in [0.15, 0.2) is 0 Å². The van der Waals surface area contributed by atoms with Gasteiger partial charge in [-0.1, -0.05) is 0 Å². The highest BCUT2D eigenvalue weighted by Crippen LogP contribution is 2.23. The van der Waals surface area contributed by atoms with Crippen molar-refractivity contribution >= 4 is 11.6 Å². The third kappa shape index (κ3) is 2.02. The Bertz CT molecular complexity index is 404. The average Bonchev–Trinajstić information content (AvgIpc) is 2.36. The van der Waals surface area contributed by atoms with Gasteiger partial charge < -0.3 is 5.32 Å². The van der Waals surface area contributed by atoms with E-state index in [0.29, 0.717) is 5.56 Å². The lowest BCUT2D eigenvalue weighted by atomic mass is 10.0. The molecule has 4 heteroatoms. The number of amides is 1. The molecule has 0 saturated heterocycles. The maximum Gasteiger partial charge on any atom is 0.277 e. The zero-order valence-corrected chi connectivity index (χ0v) is 9.62. The molecule has 0 atom stereocenters. The summed E-state index contributed by atoms with van der Waals surface area (Å²) in [7, 11) is 3.10. The lowest BCUT2D eigenvalue weighted by Crippen LogP contribution is -2.25. The molecule has 0 bridgehead atoms. The van der Waals surface area contributed by atoms with Crippen LogP contribution in [-0.2, 0) is 11.3 Å². The number of carbonyl (C=O) groups excluding carboxylic acids is 1. The standard InChI is InChI=1S/C12H16N2O2/c1-14(16-2)12(15)10-5-6-11-9(8-10)4-3-7-13-11/h5-6,8,13H,3-4,7H2,1-2H3. The van der Waals surface area contributed by atoms with Crippen molar-refractivity contribution in [3.63, 3.8) is 0 Å². The predicted octanol–water partition coefficient (Wildman–Crippen LogP) is 1.68. The SMILES string of the molecule is CON(C)C(=O)c1ccc2c(c1)CCCN2. The number of anilines is 1. The highest BCUT2D eigenvalue weighted by atomic mass is 16.7. The Morgan fingerprint density at radius 1 is 1.50 bits per heavy atom. The summed E-state index contributed by atoms with van der Waals surface area (Å²) in [4.78, 5) is 16.7. The molecule has 16 heavy (non-hydrogen) atoms. The number of fused-ring (bicyclic) bond motifs is 1. The Labute approximate surface area is 95.2 Å². The second kappa shape index (κ2) is 4.53. The van der Waals surface area contributed by atoms with Crippen molar-refractivity contribution in [3.05, 3.63) is 29.3 Å². The molecule has 1 heterocycles. The maximum absolute atomic E-state index is 11.8. The first-order chi connectivity index (χ1) is 7.72.